The Balaban J connectivity index is 2.29. The van der Waals surface area contributed by atoms with E-state index in [1.807, 2.05) is 30.3 Å². The Morgan fingerprint density at radius 3 is 2.92 bits per heavy atom. The molecule has 0 saturated carbocycles. The Hall–Kier alpha value is -1.57. The largest absolute Gasteiger partial charge is 0.368 e. The summed E-state index contributed by atoms with van der Waals surface area (Å²) in [6.07, 6.45) is 1.91. The molecule has 3 aliphatic rings. The highest BCUT2D eigenvalue weighted by Gasteiger charge is 2.38. The summed E-state index contributed by atoms with van der Waals surface area (Å²) >= 11 is 0. The van der Waals surface area contributed by atoms with Crippen molar-refractivity contribution in [2.75, 3.05) is 0 Å². The van der Waals surface area contributed by atoms with Crippen LogP contribution in [0, 0.1) is 0 Å². The van der Waals surface area contributed by atoms with Gasteiger partial charge in [-0.1, -0.05) is 24.3 Å². The Kier molecular flexibility index (Phi) is 0.888. The maximum absolute atomic E-state index is 11.3. The number of carbonyl (C=O) groups is 1. The predicted molar refractivity (Wildman–Crippen MR) is 45.3 cm³/mol. The van der Waals surface area contributed by atoms with Gasteiger partial charge in [-0.15, -0.1) is 0 Å². The van der Waals surface area contributed by atoms with E-state index < -0.39 is 0 Å². The second-order valence-corrected chi connectivity index (χ2v) is 3.13. The van der Waals surface area contributed by atoms with E-state index in [1.165, 1.54) is 5.56 Å². The van der Waals surface area contributed by atoms with Crippen molar-refractivity contribution in [3.05, 3.63) is 41.1 Å². The molecule has 2 aliphatic heterocycles. The fourth-order valence-corrected chi connectivity index (χ4v) is 1.76. The molecule has 1 aliphatic carbocycles. The minimum atomic E-state index is -0.0544. The monoisotopic (exact) mass is 157 g/mol. The van der Waals surface area contributed by atoms with Crippen LogP contribution in [0.2, 0.25) is 0 Å². The van der Waals surface area contributed by atoms with E-state index in [0.717, 1.165) is 11.3 Å². The highest BCUT2D eigenvalue weighted by atomic mass is 16.1. The van der Waals surface area contributed by atoms with Crippen LogP contribution >= 0.6 is 0 Å². The van der Waals surface area contributed by atoms with E-state index >= 15 is 0 Å². The zero-order chi connectivity index (χ0) is 8.13. The molecule has 2 heteroatoms. The molecule has 1 unspecified atom stereocenters. The van der Waals surface area contributed by atoms with Gasteiger partial charge in [-0.25, -0.2) is 0 Å². The average molecular weight is 157 g/mol. The highest BCUT2D eigenvalue weighted by molar-refractivity contribution is 6.11. The molecule has 1 aromatic rings. The molecule has 12 heavy (non-hydrogen) atoms. The maximum Gasteiger partial charge on any atom is 0.205 e. The van der Waals surface area contributed by atoms with Crippen LogP contribution < -0.4 is 5.32 Å². The first kappa shape index (κ1) is 6.00. The lowest BCUT2D eigenvalue weighted by Crippen LogP contribution is -2.46. The van der Waals surface area contributed by atoms with Crippen molar-refractivity contribution in [3.8, 4) is 0 Å². The molecule has 1 atom stereocenters. The molecule has 0 aromatic heterocycles. The number of nitrogens with one attached hydrogen (secondary N) is 1. The lowest BCUT2D eigenvalue weighted by atomic mass is 9.83. The average Bonchev–Trinajstić information content (AvgIpc) is 2.16. The number of rotatable bonds is 0. The van der Waals surface area contributed by atoms with E-state index in [4.69, 9.17) is 0 Å². The van der Waals surface area contributed by atoms with E-state index in [-0.39, 0.29) is 11.8 Å². The fraction of sp³-hybridized carbons (Fsp3) is 0.100. The first-order valence-electron chi connectivity index (χ1n) is 3.97. The van der Waals surface area contributed by atoms with Crippen LogP contribution in [0.1, 0.15) is 17.2 Å². The molecule has 2 bridgehead atoms. The van der Waals surface area contributed by atoms with E-state index in [0.29, 0.717) is 0 Å². The van der Waals surface area contributed by atoms with E-state index in [9.17, 15) is 4.79 Å². The van der Waals surface area contributed by atoms with Gasteiger partial charge in [-0.3, -0.25) is 4.79 Å². The van der Waals surface area contributed by atoms with Gasteiger partial charge in [0, 0.05) is 0 Å². The second kappa shape index (κ2) is 1.78. The first-order chi connectivity index (χ1) is 5.86. The van der Waals surface area contributed by atoms with Crippen LogP contribution in [0.25, 0.3) is 6.08 Å². The Morgan fingerprint density at radius 2 is 2.08 bits per heavy atom. The van der Waals surface area contributed by atoms with Gasteiger partial charge in [0.2, 0.25) is 5.78 Å². The summed E-state index contributed by atoms with van der Waals surface area (Å²) in [6.45, 7) is 0. The van der Waals surface area contributed by atoms with Gasteiger partial charge in [0.25, 0.3) is 0 Å². The standard InChI is InChI=1S/C10H7NO/c12-10-8-5-6-3-1-2-4-7(6)9(10)11-8/h1-5,9,11H. The Morgan fingerprint density at radius 1 is 1.25 bits per heavy atom. The molecular weight excluding hydrogens is 150 g/mol. The Labute approximate surface area is 69.9 Å². The molecule has 2 heterocycles. The molecule has 2 nitrogen and oxygen atoms in total. The van der Waals surface area contributed by atoms with E-state index in [2.05, 4.69) is 5.32 Å². The number of Topliss-reactive ketones (excluding diaryl/α,β-unsaturated/α-hetero) is 1. The quantitative estimate of drug-likeness (QED) is 0.614. The molecule has 0 amide bonds. The van der Waals surface area contributed by atoms with Gasteiger partial charge >= 0.3 is 0 Å². The number of hydrogen-bond donors (Lipinski definition) is 1. The zero-order valence-corrected chi connectivity index (χ0v) is 6.37. The van der Waals surface area contributed by atoms with Gasteiger partial charge in [0.1, 0.15) is 6.04 Å². The lowest BCUT2D eigenvalue weighted by molar-refractivity contribution is -0.121. The van der Waals surface area contributed by atoms with Crippen LogP contribution in [-0.2, 0) is 4.79 Å². The van der Waals surface area contributed by atoms with Crippen molar-refractivity contribution in [3.63, 3.8) is 0 Å². The summed E-state index contributed by atoms with van der Waals surface area (Å²) in [5, 5.41) is 3.10. The number of ketones is 1. The SMILES string of the molecule is O=C1C2=Cc3ccccc3C1N2. The molecule has 1 aromatic carbocycles. The summed E-state index contributed by atoms with van der Waals surface area (Å²) in [5.74, 6) is 0.230. The highest BCUT2D eigenvalue weighted by Crippen LogP contribution is 2.35. The first-order valence-corrected chi connectivity index (χ1v) is 3.97. The summed E-state index contributed by atoms with van der Waals surface area (Å²) < 4.78 is 0. The third-order valence-electron chi connectivity index (χ3n) is 2.43. The minimum absolute atomic E-state index is 0.0544. The van der Waals surface area contributed by atoms with Gasteiger partial charge < -0.3 is 5.32 Å². The van der Waals surface area contributed by atoms with Gasteiger partial charge in [-0.2, -0.15) is 0 Å². The lowest BCUT2D eigenvalue weighted by Gasteiger charge is -2.35. The van der Waals surface area contributed by atoms with Crippen molar-refractivity contribution in [2.45, 2.75) is 6.04 Å². The van der Waals surface area contributed by atoms with Crippen LogP contribution in [0.15, 0.2) is 30.0 Å². The second-order valence-electron chi connectivity index (χ2n) is 3.13. The number of carbonyl (C=O) groups excluding carboxylic acids is 1. The molecule has 1 saturated heterocycles. The van der Waals surface area contributed by atoms with Gasteiger partial charge in [0.05, 0.1) is 5.70 Å². The third-order valence-corrected chi connectivity index (χ3v) is 2.43. The number of benzene rings is 1. The molecule has 0 radical (unpaired) electrons. The third kappa shape index (κ3) is 0.537. The maximum atomic E-state index is 11.3. The number of hydrogen-bond acceptors (Lipinski definition) is 2. The molecule has 1 N–H and O–H groups in total. The van der Waals surface area contributed by atoms with Crippen molar-refractivity contribution in [1.82, 2.24) is 5.32 Å². The summed E-state index contributed by atoms with van der Waals surface area (Å²) in [4.78, 5) is 11.3. The van der Waals surface area contributed by atoms with Crippen LogP contribution in [0.3, 0.4) is 0 Å². The normalized spacial score (nSPS) is 23.5. The van der Waals surface area contributed by atoms with Crippen LogP contribution in [0.4, 0.5) is 0 Å². The predicted octanol–water partition coefficient (Wildman–Crippen LogP) is 1.25. The summed E-state index contributed by atoms with van der Waals surface area (Å²) in [7, 11) is 0. The topological polar surface area (TPSA) is 29.1 Å². The summed E-state index contributed by atoms with van der Waals surface area (Å²) in [5.41, 5.74) is 3.05. The van der Waals surface area contributed by atoms with Crippen LogP contribution in [0.5, 0.6) is 0 Å². The molecule has 58 valence electrons. The van der Waals surface area contributed by atoms with E-state index in [1.54, 1.807) is 0 Å². The van der Waals surface area contributed by atoms with Crippen molar-refractivity contribution in [2.24, 2.45) is 0 Å². The van der Waals surface area contributed by atoms with Gasteiger partial charge in [-0.05, 0) is 17.2 Å². The molecule has 1 fully saturated rings. The minimum Gasteiger partial charge on any atom is -0.368 e. The van der Waals surface area contributed by atoms with Crippen molar-refractivity contribution in [1.29, 1.82) is 0 Å². The zero-order valence-electron chi connectivity index (χ0n) is 6.37. The van der Waals surface area contributed by atoms with Crippen molar-refractivity contribution >= 4 is 11.9 Å². The molecular formula is C10H7NO. The van der Waals surface area contributed by atoms with Crippen LogP contribution in [-0.4, -0.2) is 5.78 Å². The summed E-state index contributed by atoms with van der Waals surface area (Å²) in [6, 6.07) is 7.93. The van der Waals surface area contributed by atoms with Crippen molar-refractivity contribution < 1.29 is 4.79 Å². The fourth-order valence-electron chi connectivity index (χ4n) is 1.76. The Bertz CT molecular complexity index is 406. The van der Waals surface area contributed by atoms with Gasteiger partial charge in [0.15, 0.2) is 0 Å². The smallest absolute Gasteiger partial charge is 0.205 e. The molecule has 0 spiro atoms. The molecule has 4 rings (SSSR count).